The Kier molecular flexibility index (Phi) is 5.88. The van der Waals surface area contributed by atoms with Crippen LogP contribution < -0.4 is 0 Å². The van der Waals surface area contributed by atoms with Crippen LogP contribution in [0.1, 0.15) is 39.2 Å². The molecule has 1 aromatic carbocycles. The number of carboxylic acid groups (broad SMARTS) is 1. The van der Waals surface area contributed by atoms with Crippen LogP contribution in [0.4, 0.5) is 4.79 Å². The van der Waals surface area contributed by atoms with E-state index in [1.165, 1.54) is 25.1 Å². The van der Waals surface area contributed by atoms with Gasteiger partial charge in [0.1, 0.15) is 0 Å². The summed E-state index contributed by atoms with van der Waals surface area (Å²) < 4.78 is 0. The number of nitrogens with zero attached hydrogens (tertiary/aromatic N) is 3. The van der Waals surface area contributed by atoms with Gasteiger partial charge in [0.05, 0.1) is 0 Å². The van der Waals surface area contributed by atoms with E-state index in [4.69, 9.17) is 0 Å². The molecule has 1 N–H and O–H groups in total. The Morgan fingerprint density at radius 1 is 1.23 bits per heavy atom. The van der Waals surface area contributed by atoms with Gasteiger partial charge in [-0.3, -0.25) is 4.90 Å². The number of hydrogen-bond acceptors (Lipinski definition) is 3. The van der Waals surface area contributed by atoms with E-state index in [9.17, 15) is 9.90 Å². The van der Waals surface area contributed by atoms with Crippen molar-refractivity contribution in [1.82, 2.24) is 14.7 Å². The van der Waals surface area contributed by atoms with Crippen LogP contribution in [0.2, 0.25) is 0 Å². The van der Waals surface area contributed by atoms with Crippen molar-refractivity contribution in [3.05, 3.63) is 35.9 Å². The van der Waals surface area contributed by atoms with Gasteiger partial charge in [-0.2, -0.15) is 0 Å². The summed E-state index contributed by atoms with van der Waals surface area (Å²) >= 11 is 0. The highest BCUT2D eigenvalue weighted by atomic mass is 16.4. The van der Waals surface area contributed by atoms with E-state index in [1.54, 1.807) is 4.90 Å². The maximum absolute atomic E-state index is 11.5. The summed E-state index contributed by atoms with van der Waals surface area (Å²) in [4.78, 5) is 18.2. The summed E-state index contributed by atoms with van der Waals surface area (Å²) in [6.45, 7) is 12.0. The van der Waals surface area contributed by atoms with E-state index < -0.39 is 6.09 Å². The van der Waals surface area contributed by atoms with Gasteiger partial charge in [0.15, 0.2) is 0 Å². The lowest BCUT2D eigenvalue weighted by Gasteiger charge is -2.33. The van der Waals surface area contributed by atoms with E-state index in [1.807, 2.05) is 20.8 Å². The number of amides is 1. The smallest absolute Gasteiger partial charge is 0.407 e. The third-order valence-electron chi connectivity index (χ3n) is 5.86. The number of carbonyl (C=O) groups is 1. The molecule has 0 aromatic heterocycles. The second kappa shape index (κ2) is 7.97. The number of hydrogen-bond donors (Lipinski definition) is 1. The van der Waals surface area contributed by atoms with Crippen molar-refractivity contribution in [3.8, 4) is 0 Å². The average molecular weight is 360 g/mol. The average Bonchev–Trinajstić information content (AvgIpc) is 3.12. The summed E-state index contributed by atoms with van der Waals surface area (Å²) in [6, 6.07) is 11.4. The molecular weight excluding hydrogens is 326 g/mol. The van der Waals surface area contributed by atoms with Crippen LogP contribution in [0.5, 0.6) is 0 Å². The molecule has 0 saturated carbocycles. The third kappa shape index (κ3) is 4.57. The Bertz CT molecular complexity index is 599. The first-order valence-electron chi connectivity index (χ1n) is 9.85. The Hall–Kier alpha value is -1.59. The predicted octanol–water partition coefficient (Wildman–Crippen LogP) is 3.36. The Labute approximate surface area is 157 Å². The van der Waals surface area contributed by atoms with Gasteiger partial charge < -0.3 is 14.9 Å². The molecule has 2 unspecified atom stereocenters. The first-order chi connectivity index (χ1) is 12.3. The molecule has 1 aromatic rings. The fraction of sp³-hybridized carbons (Fsp3) is 0.667. The van der Waals surface area contributed by atoms with Gasteiger partial charge >= 0.3 is 6.09 Å². The minimum absolute atomic E-state index is 0.333. The molecule has 3 rings (SSSR count). The number of fused-ring (bicyclic) bond motifs is 1. The molecule has 5 heteroatoms. The van der Waals surface area contributed by atoms with Crippen LogP contribution in [-0.4, -0.2) is 70.2 Å². The molecule has 2 fully saturated rings. The van der Waals surface area contributed by atoms with Gasteiger partial charge in [0.25, 0.3) is 0 Å². The Morgan fingerprint density at radius 2 is 1.96 bits per heavy atom. The van der Waals surface area contributed by atoms with E-state index in [0.29, 0.717) is 12.6 Å². The Balaban J connectivity index is 1.47. The van der Waals surface area contributed by atoms with Crippen molar-refractivity contribution in [2.24, 2.45) is 5.92 Å². The van der Waals surface area contributed by atoms with E-state index in [0.717, 1.165) is 32.0 Å². The molecule has 1 amide bonds. The normalized spacial score (nSPS) is 24.0. The van der Waals surface area contributed by atoms with Gasteiger partial charge in [0.2, 0.25) is 0 Å². The first kappa shape index (κ1) is 19.2. The molecule has 2 saturated heterocycles. The summed E-state index contributed by atoms with van der Waals surface area (Å²) in [5.41, 5.74) is 1.06. The maximum Gasteiger partial charge on any atom is 0.407 e. The molecule has 0 aliphatic carbocycles. The standard InChI is InChI=1S/C21H33N3O2/c1-21(2,3)24(20(25)26)12-7-11-22-15-18-10-13-23(19(18)16-22)14-17-8-5-4-6-9-17/h4-6,8-9,18-19H,7,10-16H2,1-3H3,(H,25,26). The molecule has 26 heavy (non-hydrogen) atoms. The monoisotopic (exact) mass is 359 g/mol. The molecule has 5 nitrogen and oxygen atoms in total. The minimum atomic E-state index is -0.815. The van der Waals surface area contributed by atoms with Gasteiger partial charge in [0, 0.05) is 37.8 Å². The van der Waals surface area contributed by atoms with E-state index in [-0.39, 0.29) is 5.54 Å². The van der Waals surface area contributed by atoms with Gasteiger partial charge in [-0.15, -0.1) is 0 Å². The van der Waals surface area contributed by atoms with Gasteiger partial charge in [-0.05, 0) is 58.2 Å². The largest absolute Gasteiger partial charge is 0.465 e. The zero-order chi connectivity index (χ0) is 18.7. The van der Waals surface area contributed by atoms with Gasteiger partial charge in [-0.25, -0.2) is 4.79 Å². The van der Waals surface area contributed by atoms with Crippen molar-refractivity contribution in [3.63, 3.8) is 0 Å². The summed E-state index contributed by atoms with van der Waals surface area (Å²) in [6.07, 6.45) is 1.38. The molecular formula is C21H33N3O2. The summed E-state index contributed by atoms with van der Waals surface area (Å²) in [7, 11) is 0. The lowest BCUT2D eigenvalue weighted by molar-refractivity contribution is 0.0968. The quantitative estimate of drug-likeness (QED) is 0.846. The predicted molar refractivity (Wildman–Crippen MR) is 104 cm³/mol. The molecule has 2 heterocycles. The lowest BCUT2D eigenvalue weighted by Crippen LogP contribution is -2.46. The van der Waals surface area contributed by atoms with Crippen LogP contribution in [0.3, 0.4) is 0 Å². The fourth-order valence-corrected chi connectivity index (χ4v) is 4.50. The maximum atomic E-state index is 11.5. The molecule has 2 atom stereocenters. The molecule has 0 bridgehead atoms. The summed E-state index contributed by atoms with van der Waals surface area (Å²) in [5, 5.41) is 9.41. The van der Waals surface area contributed by atoms with Crippen LogP contribution in [0.25, 0.3) is 0 Å². The van der Waals surface area contributed by atoms with Crippen LogP contribution in [-0.2, 0) is 6.54 Å². The highest BCUT2D eigenvalue weighted by Gasteiger charge is 2.40. The fourth-order valence-electron chi connectivity index (χ4n) is 4.50. The number of benzene rings is 1. The number of rotatable bonds is 6. The second-order valence-electron chi connectivity index (χ2n) is 8.79. The van der Waals surface area contributed by atoms with E-state index in [2.05, 4.69) is 40.1 Å². The molecule has 0 radical (unpaired) electrons. The van der Waals surface area contributed by atoms with Crippen LogP contribution in [0, 0.1) is 5.92 Å². The highest BCUT2D eigenvalue weighted by Crippen LogP contribution is 2.32. The van der Waals surface area contributed by atoms with Crippen molar-refractivity contribution in [2.45, 2.75) is 51.7 Å². The van der Waals surface area contributed by atoms with Gasteiger partial charge in [-0.1, -0.05) is 30.3 Å². The van der Waals surface area contributed by atoms with Crippen LogP contribution in [0.15, 0.2) is 30.3 Å². The zero-order valence-corrected chi connectivity index (χ0v) is 16.4. The minimum Gasteiger partial charge on any atom is -0.465 e. The van der Waals surface area contributed by atoms with Crippen molar-refractivity contribution in [2.75, 3.05) is 32.7 Å². The highest BCUT2D eigenvalue weighted by molar-refractivity contribution is 5.65. The molecule has 2 aliphatic rings. The van der Waals surface area contributed by atoms with Crippen molar-refractivity contribution in [1.29, 1.82) is 0 Å². The molecule has 144 valence electrons. The second-order valence-corrected chi connectivity index (χ2v) is 8.79. The first-order valence-corrected chi connectivity index (χ1v) is 9.85. The van der Waals surface area contributed by atoms with Crippen LogP contribution >= 0.6 is 0 Å². The SMILES string of the molecule is CC(C)(C)N(CCCN1CC2CCN(Cc3ccccc3)C2C1)C(=O)O. The molecule has 2 aliphatic heterocycles. The van der Waals surface area contributed by atoms with Crippen molar-refractivity contribution >= 4 is 6.09 Å². The lowest BCUT2D eigenvalue weighted by atomic mass is 10.0. The van der Waals surface area contributed by atoms with E-state index >= 15 is 0 Å². The summed E-state index contributed by atoms with van der Waals surface area (Å²) in [5.74, 6) is 0.775. The zero-order valence-electron chi connectivity index (χ0n) is 16.4. The van der Waals surface area contributed by atoms with Crippen molar-refractivity contribution < 1.29 is 9.90 Å². The molecule has 0 spiro atoms. The number of likely N-dealkylation sites (tertiary alicyclic amines) is 2. The Morgan fingerprint density at radius 3 is 2.62 bits per heavy atom. The topological polar surface area (TPSA) is 47.0 Å². The third-order valence-corrected chi connectivity index (χ3v) is 5.86.